The van der Waals surface area contributed by atoms with E-state index < -0.39 is 0 Å². The van der Waals surface area contributed by atoms with Crippen LogP contribution in [-0.4, -0.2) is 44.3 Å². The monoisotopic (exact) mass is 539 g/mol. The maximum atomic E-state index is 12.6. The number of fused-ring (bicyclic) bond motifs is 1. The van der Waals surface area contributed by atoms with Crippen LogP contribution in [0.1, 0.15) is 85.5 Å². The summed E-state index contributed by atoms with van der Waals surface area (Å²) in [6.45, 7) is 0.600. The summed E-state index contributed by atoms with van der Waals surface area (Å²) in [5.41, 5.74) is 4.26. The largest absolute Gasteiger partial charge is 0.335 e. The Labute approximate surface area is 234 Å². The maximum Gasteiger partial charge on any atom is 0.315 e. The number of amides is 2. The van der Waals surface area contributed by atoms with Gasteiger partial charge < -0.3 is 21.3 Å². The van der Waals surface area contributed by atoms with Gasteiger partial charge >= 0.3 is 6.03 Å². The van der Waals surface area contributed by atoms with E-state index in [9.17, 15) is 4.79 Å². The van der Waals surface area contributed by atoms with Crippen molar-refractivity contribution < 1.29 is 4.79 Å². The van der Waals surface area contributed by atoms with Crippen molar-refractivity contribution in [3.63, 3.8) is 0 Å². The summed E-state index contributed by atoms with van der Waals surface area (Å²) in [5.74, 6) is 2.87. The number of anilines is 2. The average Bonchev–Trinajstić information content (AvgIpc) is 3.73. The third kappa shape index (κ3) is 6.42. The molecule has 10 heteroatoms. The van der Waals surface area contributed by atoms with Crippen LogP contribution in [0.5, 0.6) is 0 Å². The lowest BCUT2D eigenvalue weighted by atomic mass is 9.91. The average molecular weight is 540 g/mol. The minimum Gasteiger partial charge on any atom is -0.335 e. The van der Waals surface area contributed by atoms with Crippen LogP contribution >= 0.6 is 0 Å². The van der Waals surface area contributed by atoms with Gasteiger partial charge in [0.05, 0.1) is 18.2 Å². The molecule has 208 valence electrons. The van der Waals surface area contributed by atoms with Crippen LogP contribution in [0.15, 0.2) is 36.5 Å². The van der Waals surface area contributed by atoms with Crippen molar-refractivity contribution >= 4 is 17.7 Å². The van der Waals surface area contributed by atoms with Gasteiger partial charge in [-0.15, -0.1) is 0 Å². The number of carbonyl (C=O) groups is 1. The number of rotatable bonds is 8. The Kier molecular flexibility index (Phi) is 7.91. The van der Waals surface area contributed by atoms with Gasteiger partial charge in [0.15, 0.2) is 5.82 Å². The van der Waals surface area contributed by atoms with E-state index in [0.717, 1.165) is 61.5 Å². The molecular weight excluding hydrogens is 502 g/mol. The summed E-state index contributed by atoms with van der Waals surface area (Å²) in [4.78, 5) is 21.8. The van der Waals surface area contributed by atoms with E-state index in [4.69, 9.17) is 5.26 Å². The van der Waals surface area contributed by atoms with Gasteiger partial charge in [-0.2, -0.15) is 10.4 Å². The lowest BCUT2D eigenvalue weighted by Crippen LogP contribution is -2.48. The first kappa shape index (κ1) is 26.3. The van der Waals surface area contributed by atoms with Crippen LogP contribution in [0.3, 0.4) is 0 Å². The van der Waals surface area contributed by atoms with Crippen molar-refractivity contribution in [1.82, 2.24) is 36.1 Å². The molecule has 0 saturated heterocycles. The van der Waals surface area contributed by atoms with Gasteiger partial charge in [-0.05, 0) is 80.7 Å². The first-order valence-electron chi connectivity index (χ1n) is 14.6. The van der Waals surface area contributed by atoms with Gasteiger partial charge in [-0.3, -0.25) is 5.10 Å². The van der Waals surface area contributed by atoms with E-state index in [1.165, 1.54) is 36.9 Å². The first-order valence-corrected chi connectivity index (χ1v) is 14.6. The van der Waals surface area contributed by atoms with Crippen molar-refractivity contribution in [2.45, 2.75) is 94.8 Å². The molecule has 0 radical (unpaired) electrons. The van der Waals surface area contributed by atoms with E-state index in [0.29, 0.717) is 24.1 Å². The zero-order chi connectivity index (χ0) is 27.3. The minimum absolute atomic E-state index is 0.0783. The molecule has 1 unspecified atom stereocenters. The molecule has 2 heterocycles. The third-order valence-corrected chi connectivity index (χ3v) is 8.57. The third-order valence-electron chi connectivity index (χ3n) is 8.57. The number of nitrogens with one attached hydrogen (secondary N) is 5. The highest BCUT2D eigenvalue weighted by Gasteiger charge is 2.26. The molecule has 40 heavy (non-hydrogen) atoms. The Hall–Kier alpha value is -3.97. The van der Waals surface area contributed by atoms with Crippen molar-refractivity contribution in [3.8, 4) is 6.07 Å². The topological polar surface area (TPSA) is 143 Å². The molecule has 3 aliphatic rings. The Morgan fingerprint density at radius 2 is 1.70 bits per heavy atom. The molecular formula is C30H37N9O. The summed E-state index contributed by atoms with van der Waals surface area (Å²) in [7, 11) is 0. The molecule has 2 aromatic heterocycles. The zero-order valence-electron chi connectivity index (χ0n) is 22.7. The Bertz CT molecular complexity index is 1370. The lowest BCUT2D eigenvalue weighted by Gasteiger charge is -2.30. The van der Waals surface area contributed by atoms with Crippen LogP contribution in [0, 0.1) is 11.3 Å². The van der Waals surface area contributed by atoms with E-state index in [2.05, 4.69) is 53.6 Å². The quantitative estimate of drug-likeness (QED) is 0.286. The van der Waals surface area contributed by atoms with Gasteiger partial charge in [-0.1, -0.05) is 18.9 Å². The summed E-state index contributed by atoms with van der Waals surface area (Å²) < 4.78 is 0. The number of benzene rings is 1. The second-order valence-electron chi connectivity index (χ2n) is 11.4. The van der Waals surface area contributed by atoms with E-state index >= 15 is 0 Å². The van der Waals surface area contributed by atoms with Gasteiger partial charge in [0, 0.05) is 42.0 Å². The highest BCUT2D eigenvalue weighted by atomic mass is 16.2. The summed E-state index contributed by atoms with van der Waals surface area (Å²) >= 11 is 0. The number of carbonyl (C=O) groups excluding carboxylic acids is 1. The van der Waals surface area contributed by atoms with Crippen molar-refractivity contribution in [2.75, 3.05) is 5.32 Å². The summed E-state index contributed by atoms with van der Waals surface area (Å²) in [6, 6.07) is 12.5. The molecule has 0 aliphatic heterocycles. The molecule has 10 nitrogen and oxygen atoms in total. The molecule has 1 atom stereocenters. The number of aromatic nitrogens is 4. The molecule has 0 bridgehead atoms. The van der Waals surface area contributed by atoms with Crippen molar-refractivity contribution in [2.24, 2.45) is 0 Å². The highest BCUT2D eigenvalue weighted by Crippen LogP contribution is 2.34. The molecule has 2 fully saturated rings. The Balaban J connectivity index is 0.911. The summed E-state index contributed by atoms with van der Waals surface area (Å²) in [6.07, 6.45) is 12.3. The van der Waals surface area contributed by atoms with E-state index in [-0.39, 0.29) is 18.1 Å². The number of aromatic amines is 1. The van der Waals surface area contributed by atoms with E-state index in [1.54, 1.807) is 6.20 Å². The fraction of sp³-hybridized carbons (Fsp3) is 0.500. The maximum absolute atomic E-state index is 12.6. The van der Waals surface area contributed by atoms with Crippen molar-refractivity contribution in [1.29, 1.82) is 5.26 Å². The minimum atomic E-state index is -0.0975. The van der Waals surface area contributed by atoms with Crippen LogP contribution in [0.2, 0.25) is 0 Å². The second kappa shape index (κ2) is 12.0. The lowest BCUT2D eigenvalue weighted by molar-refractivity contribution is 0.225. The van der Waals surface area contributed by atoms with Crippen LogP contribution in [0.25, 0.3) is 0 Å². The zero-order valence-corrected chi connectivity index (χ0v) is 22.7. The predicted molar refractivity (Wildman–Crippen MR) is 152 cm³/mol. The predicted octanol–water partition coefficient (Wildman–Crippen LogP) is 4.34. The molecule has 1 aromatic carbocycles. The molecule has 6 rings (SSSR count). The van der Waals surface area contributed by atoms with Crippen LogP contribution in [0.4, 0.5) is 16.4 Å². The SMILES string of the molecule is N#Cc1ccc2c(c1)CC(NC(=O)NC1CCC(NCc3nccc(Nc4cc(C5CCCC5)[nH]n4)n3)CC1)C2. The molecule has 2 saturated carbocycles. The Morgan fingerprint density at radius 3 is 2.52 bits per heavy atom. The van der Waals surface area contributed by atoms with Gasteiger partial charge in [0.1, 0.15) is 11.6 Å². The fourth-order valence-corrected chi connectivity index (χ4v) is 6.41. The summed E-state index contributed by atoms with van der Waals surface area (Å²) in [5, 5.41) is 29.9. The number of H-pyrrole nitrogens is 1. The van der Waals surface area contributed by atoms with Gasteiger partial charge in [0.25, 0.3) is 0 Å². The number of hydrogen-bond acceptors (Lipinski definition) is 7. The van der Waals surface area contributed by atoms with Crippen LogP contribution < -0.4 is 21.3 Å². The molecule has 3 aromatic rings. The van der Waals surface area contributed by atoms with Gasteiger partial charge in [0.2, 0.25) is 0 Å². The Morgan fingerprint density at radius 1 is 0.925 bits per heavy atom. The second-order valence-corrected chi connectivity index (χ2v) is 11.4. The number of nitrogens with zero attached hydrogens (tertiary/aromatic N) is 4. The van der Waals surface area contributed by atoms with Crippen LogP contribution in [-0.2, 0) is 19.4 Å². The molecule has 2 amide bonds. The van der Waals surface area contributed by atoms with E-state index in [1.807, 2.05) is 24.3 Å². The molecule has 0 spiro atoms. The first-order chi connectivity index (χ1) is 19.6. The van der Waals surface area contributed by atoms with Gasteiger partial charge in [-0.25, -0.2) is 14.8 Å². The molecule has 5 N–H and O–H groups in total. The fourth-order valence-electron chi connectivity index (χ4n) is 6.41. The standard InChI is InChI=1S/C30H37N9O/c31-17-19-5-6-21-14-25(15-22(21)13-19)35-30(40)34-24-9-7-23(8-10-24)33-18-29-32-12-11-27(37-29)36-28-16-26(38-39-28)20-3-1-2-4-20/h5-6,11-13,16,20,23-25,33H,1-4,7-10,14-15,18H2,(H2,34,35,40)(H2,32,36,37,38,39). The number of hydrogen-bond donors (Lipinski definition) is 5. The molecule has 3 aliphatic carbocycles. The normalized spacial score (nSPS) is 22.4. The smallest absolute Gasteiger partial charge is 0.315 e. The highest BCUT2D eigenvalue weighted by molar-refractivity contribution is 5.74. The number of nitriles is 1. The number of urea groups is 1. The van der Waals surface area contributed by atoms with Crippen molar-refractivity contribution in [3.05, 3.63) is 64.7 Å².